The van der Waals surface area contributed by atoms with Crippen molar-refractivity contribution >= 4 is 11.9 Å². The minimum Gasteiger partial charge on any atom is -0.406 e. The summed E-state index contributed by atoms with van der Waals surface area (Å²) in [5.74, 6) is -0.749. The Morgan fingerprint density at radius 1 is 1.25 bits per heavy atom. The summed E-state index contributed by atoms with van der Waals surface area (Å²) in [4.78, 5) is 26.8. The largest absolute Gasteiger partial charge is 0.573 e. The van der Waals surface area contributed by atoms with Gasteiger partial charge in [-0.25, -0.2) is 4.79 Å². The van der Waals surface area contributed by atoms with Crippen LogP contribution in [-0.2, 0) is 4.79 Å². The molecular weight excluding hydrogens is 329 g/mol. The second-order valence-corrected chi connectivity index (χ2v) is 5.72. The van der Waals surface area contributed by atoms with Gasteiger partial charge in [-0.2, -0.15) is 0 Å². The zero-order chi connectivity index (χ0) is 17.5. The molecule has 2 fully saturated rings. The molecule has 1 aromatic rings. The van der Waals surface area contributed by atoms with Gasteiger partial charge in [-0.3, -0.25) is 9.69 Å². The highest BCUT2D eigenvalue weighted by Gasteiger charge is 2.47. The predicted octanol–water partition coefficient (Wildman–Crippen LogP) is 2.05. The number of ether oxygens (including phenoxy) is 1. The Hall–Kier alpha value is -2.29. The molecule has 130 valence electrons. The van der Waals surface area contributed by atoms with Crippen LogP contribution in [0, 0.1) is 0 Å². The molecule has 3 amide bonds. The van der Waals surface area contributed by atoms with Crippen LogP contribution >= 0.6 is 0 Å². The maximum Gasteiger partial charge on any atom is 0.573 e. The van der Waals surface area contributed by atoms with Crippen molar-refractivity contribution in [2.45, 2.75) is 31.3 Å². The minimum absolute atomic E-state index is 0.232. The zero-order valence-electron chi connectivity index (χ0n) is 12.5. The molecule has 2 aliphatic heterocycles. The third-order valence-electron chi connectivity index (χ3n) is 4.13. The van der Waals surface area contributed by atoms with Gasteiger partial charge in [0.1, 0.15) is 11.8 Å². The van der Waals surface area contributed by atoms with E-state index in [-0.39, 0.29) is 18.0 Å². The van der Waals surface area contributed by atoms with Crippen molar-refractivity contribution in [1.82, 2.24) is 9.80 Å². The van der Waals surface area contributed by atoms with Gasteiger partial charge in [-0.05, 0) is 30.5 Å². The summed E-state index contributed by atoms with van der Waals surface area (Å²) in [7, 11) is 0. The summed E-state index contributed by atoms with van der Waals surface area (Å²) >= 11 is 0. The SMILES string of the molecule is O=C1[C@@H]2CCCN2C(=O)N1C[C@H](O)c1ccc(OC(F)(F)F)cc1. The van der Waals surface area contributed by atoms with Crippen LogP contribution in [0.1, 0.15) is 24.5 Å². The van der Waals surface area contributed by atoms with E-state index in [0.717, 1.165) is 23.5 Å². The first-order valence-corrected chi connectivity index (χ1v) is 7.42. The van der Waals surface area contributed by atoms with E-state index in [4.69, 9.17) is 0 Å². The number of aliphatic hydroxyl groups is 1. The highest BCUT2D eigenvalue weighted by molar-refractivity contribution is 6.04. The van der Waals surface area contributed by atoms with Crippen LogP contribution < -0.4 is 4.74 Å². The van der Waals surface area contributed by atoms with Crippen molar-refractivity contribution in [2.24, 2.45) is 0 Å². The number of carbonyl (C=O) groups is 2. The highest BCUT2D eigenvalue weighted by atomic mass is 19.4. The Morgan fingerprint density at radius 3 is 2.50 bits per heavy atom. The van der Waals surface area contributed by atoms with Gasteiger partial charge in [0.15, 0.2) is 0 Å². The van der Waals surface area contributed by atoms with Crippen molar-refractivity contribution in [2.75, 3.05) is 13.1 Å². The van der Waals surface area contributed by atoms with Crippen LogP contribution in [0.2, 0.25) is 0 Å². The third kappa shape index (κ3) is 3.16. The monoisotopic (exact) mass is 344 g/mol. The topological polar surface area (TPSA) is 70.1 Å². The molecule has 0 aliphatic carbocycles. The number of halogens is 3. The van der Waals surface area contributed by atoms with Crippen LogP contribution in [0.25, 0.3) is 0 Å². The summed E-state index contributed by atoms with van der Waals surface area (Å²) in [5, 5.41) is 10.2. The van der Waals surface area contributed by atoms with Crippen LogP contribution in [0.15, 0.2) is 24.3 Å². The molecule has 24 heavy (non-hydrogen) atoms. The molecule has 0 radical (unpaired) electrons. The molecule has 0 unspecified atom stereocenters. The van der Waals surface area contributed by atoms with E-state index in [9.17, 15) is 27.9 Å². The molecule has 0 saturated carbocycles. The number of alkyl halides is 3. The van der Waals surface area contributed by atoms with E-state index in [1.807, 2.05) is 0 Å². The molecule has 0 aromatic heterocycles. The van der Waals surface area contributed by atoms with Crippen LogP contribution in [0.5, 0.6) is 5.75 Å². The molecule has 2 saturated heterocycles. The fraction of sp³-hybridized carbons (Fsp3) is 0.467. The fourth-order valence-electron chi connectivity index (χ4n) is 3.02. The standard InChI is InChI=1S/C15H15F3N2O4/c16-15(17,18)24-10-5-3-9(4-6-10)12(21)8-20-13(22)11-2-1-7-19(11)14(20)23/h3-6,11-12,21H,1-2,7-8H2/t11-,12-/m0/s1. The molecule has 2 aliphatic rings. The molecule has 1 N–H and O–H groups in total. The maximum atomic E-state index is 12.2. The predicted molar refractivity (Wildman–Crippen MR) is 74.9 cm³/mol. The molecule has 1 aromatic carbocycles. The number of aliphatic hydroxyl groups excluding tert-OH is 1. The fourth-order valence-corrected chi connectivity index (χ4v) is 3.02. The van der Waals surface area contributed by atoms with E-state index < -0.39 is 30.3 Å². The number of β-amino-alcohol motifs (C(OH)–C–C–N with tert-alkyl or cyclic N) is 1. The number of imide groups is 1. The number of fused-ring (bicyclic) bond motifs is 1. The number of carbonyl (C=O) groups excluding carboxylic acids is 2. The first-order chi connectivity index (χ1) is 11.3. The smallest absolute Gasteiger partial charge is 0.406 e. The second-order valence-electron chi connectivity index (χ2n) is 5.72. The average Bonchev–Trinajstić information content (AvgIpc) is 3.06. The van der Waals surface area contributed by atoms with Gasteiger partial charge in [-0.1, -0.05) is 12.1 Å². The van der Waals surface area contributed by atoms with E-state index in [0.29, 0.717) is 13.0 Å². The van der Waals surface area contributed by atoms with Gasteiger partial charge < -0.3 is 14.7 Å². The molecule has 2 atom stereocenters. The molecule has 0 spiro atoms. The Morgan fingerprint density at radius 2 is 1.92 bits per heavy atom. The number of rotatable bonds is 4. The molecule has 6 nitrogen and oxygen atoms in total. The van der Waals surface area contributed by atoms with Crippen molar-refractivity contribution in [3.8, 4) is 5.75 Å². The quantitative estimate of drug-likeness (QED) is 0.849. The van der Waals surface area contributed by atoms with Crippen LogP contribution in [0.3, 0.4) is 0 Å². The lowest BCUT2D eigenvalue weighted by Gasteiger charge is -2.19. The number of nitrogens with zero attached hydrogens (tertiary/aromatic N) is 2. The average molecular weight is 344 g/mol. The lowest BCUT2D eigenvalue weighted by Crippen LogP contribution is -2.36. The minimum atomic E-state index is -4.79. The van der Waals surface area contributed by atoms with Crippen molar-refractivity contribution in [3.63, 3.8) is 0 Å². The lowest BCUT2D eigenvalue weighted by molar-refractivity contribution is -0.274. The third-order valence-corrected chi connectivity index (χ3v) is 4.13. The van der Waals surface area contributed by atoms with Gasteiger partial charge in [0.2, 0.25) is 0 Å². The Labute approximate surface area is 135 Å². The number of hydrogen-bond acceptors (Lipinski definition) is 4. The van der Waals surface area contributed by atoms with Crippen LogP contribution in [-0.4, -0.2) is 52.3 Å². The normalized spacial score (nSPS) is 22.1. The number of urea groups is 1. The summed E-state index contributed by atoms with van der Waals surface area (Å²) in [6, 6.07) is 3.77. The van der Waals surface area contributed by atoms with Crippen LogP contribution in [0.4, 0.5) is 18.0 Å². The van der Waals surface area contributed by atoms with Crippen molar-refractivity contribution in [1.29, 1.82) is 0 Å². The Balaban J connectivity index is 1.66. The van der Waals surface area contributed by atoms with Gasteiger partial charge in [0.05, 0.1) is 12.6 Å². The second kappa shape index (κ2) is 5.97. The molecule has 0 bridgehead atoms. The zero-order valence-corrected chi connectivity index (χ0v) is 12.5. The Bertz CT molecular complexity index is 625. The summed E-state index contributed by atoms with van der Waals surface area (Å²) < 4.78 is 40.1. The molecule has 3 rings (SSSR count). The first kappa shape index (κ1) is 16.6. The van der Waals surface area contributed by atoms with Gasteiger partial charge in [0, 0.05) is 6.54 Å². The number of amides is 3. The first-order valence-electron chi connectivity index (χ1n) is 7.42. The van der Waals surface area contributed by atoms with Gasteiger partial charge in [-0.15, -0.1) is 13.2 Å². The van der Waals surface area contributed by atoms with E-state index in [1.54, 1.807) is 0 Å². The summed E-state index contributed by atoms with van der Waals surface area (Å²) in [5.41, 5.74) is 0.289. The van der Waals surface area contributed by atoms with E-state index in [2.05, 4.69) is 4.74 Å². The van der Waals surface area contributed by atoms with E-state index in [1.165, 1.54) is 17.0 Å². The van der Waals surface area contributed by atoms with Crippen molar-refractivity contribution < 1.29 is 32.6 Å². The summed E-state index contributed by atoms with van der Waals surface area (Å²) in [6.45, 7) is 0.287. The lowest BCUT2D eigenvalue weighted by atomic mass is 10.1. The summed E-state index contributed by atoms with van der Waals surface area (Å²) in [6.07, 6.45) is -4.58. The van der Waals surface area contributed by atoms with Gasteiger partial charge in [0.25, 0.3) is 5.91 Å². The van der Waals surface area contributed by atoms with Gasteiger partial charge >= 0.3 is 12.4 Å². The molecule has 2 heterocycles. The maximum absolute atomic E-state index is 12.2. The van der Waals surface area contributed by atoms with E-state index >= 15 is 0 Å². The Kier molecular flexibility index (Phi) is 4.12. The van der Waals surface area contributed by atoms with Crippen molar-refractivity contribution in [3.05, 3.63) is 29.8 Å². The number of hydrogen-bond donors (Lipinski definition) is 1. The molecular formula is C15H15F3N2O4. The number of benzene rings is 1. The highest BCUT2D eigenvalue weighted by Crippen LogP contribution is 2.29. The molecule has 9 heteroatoms.